The van der Waals surface area contributed by atoms with E-state index in [-0.39, 0.29) is 12.0 Å². The fourth-order valence-corrected chi connectivity index (χ4v) is 3.38. The van der Waals surface area contributed by atoms with Crippen molar-refractivity contribution < 1.29 is 9.53 Å². The quantitative estimate of drug-likeness (QED) is 0.841. The maximum Gasteiger partial charge on any atom is 0.251 e. The van der Waals surface area contributed by atoms with Gasteiger partial charge in [0, 0.05) is 19.1 Å². The standard InChI is InChI=1S/C16H30N2O2/c1-3-15(20-14-9-5-4-6-10-14)16(19)18-11-7-8-13(12-18)17-2/h13-15,17H,3-12H2,1-2H3. The minimum Gasteiger partial charge on any atom is -0.365 e. The number of carbonyl (C=O) groups is 1. The molecule has 0 radical (unpaired) electrons. The van der Waals surface area contributed by atoms with Crippen LogP contribution in [0.3, 0.4) is 0 Å². The van der Waals surface area contributed by atoms with E-state index < -0.39 is 0 Å². The number of nitrogens with one attached hydrogen (secondary N) is 1. The normalized spacial score (nSPS) is 26.5. The Kier molecular flexibility index (Phi) is 6.30. The van der Waals surface area contributed by atoms with Gasteiger partial charge >= 0.3 is 0 Å². The van der Waals surface area contributed by atoms with Crippen molar-refractivity contribution in [3.05, 3.63) is 0 Å². The number of nitrogens with zero attached hydrogens (tertiary/aromatic N) is 1. The Hall–Kier alpha value is -0.610. The number of piperidine rings is 1. The lowest BCUT2D eigenvalue weighted by Crippen LogP contribution is -2.50. The van der Waals surface area contributed by atoms with Crippen LogP contribution in [0.15, 0.2) is 0 Å². The molecule has 2 rings (SSSR count). The van der Waals surface area contributed by atoms with Crippen LogP contribution >= 0.6 is 0 Å². The Morgan fingerprint density at radius 1 is 1.25 bits per heavy atom. The van der Waals surface area contributed by atoms with E-state index in [4.69, 9.17) is 4.74 Å². The Morgan fingerprint density at radius 3 is 2.65 bits per heavy atom. The molecule has 1 aliphatic heterocycles. The van der Waals surface area contributed by atoms with Gasteiger partial charge in [0.25, 0.3) is 5.91 Å². The number of likely N-dealkylation sites (tertiary alicyclic amines) is 1. The summed E-state index contributed by atoms with van der Waals surface area (Å²) in [6.45, 7) is 3.78. The lowest BCUT2D eigenvalue weighted by molar-refractivity contribution is -0.150. The van der Waals surface area contributed by atoms with E-state index in [2.05, 4.69) is 12.2 Å². The molecule has 4 heteroatoms. The smallest absolute Gasteiger partial charge is 0.251 e. The molecule has 1 saturated heterocycles. The fourth-order valence-electron chi connectivity index (χ4n) is 3.38. The summed E-state index contributed by atoms with van der Waals surface area (Å²) in [5.41, 5.74) is 0. The molecule has 1 saturated carbocycles. The zero-order valence-corrected chi connectivity index (χ0v) is 13.1. The summed E-state index contributed by atoms with van der Waals surface area (Å²) in [6.07, 6.45) is 9.21. The first-order valence-electron chi connectivity index (χ1n) is 8.36. The van der Waals surface area contributed by atoms with E-state index in [9.17, 15) is 4.79 Å². The minimum atomic E-state index is -0.228. The summed E-state index contributed by atoms with van der Waals surface area (Å²) < 4.78 is 6.11. The topological polar surface area (TPSA) is 41.6 Å². The SMILES string of the molecule is CCC(OC1CCCCC1)C(=O)N1CCCC(NC)C1. The number of hydrogen-bond acceptors (Lipinski definition) is 3. The molecular formula is C16H30N2O2. The largest absolute Gasteiger partial charge is 0.365 e. The average Bonchev–Trinajstić information content (AvgIpc) is 2.53. The second-order valence-electron chi connectivity index (χ2n) is 6.21. The Bertz CT molecular complexity index is 303. The van der Waals surface area contributed by atoms with Crippen molar-refractivity contribution in [2.75, 3.05) is 20.1 Å². The maximum atomic E-state index is 12.6. The second-order valence-corrected chi connectivity index (χ2v) is 6.21. The van der Waals surface area contributed by atoms with Crippen LogP contribution in [-0.4, -0.2) is 49.2 Å². The molecule has 0 aromatic carbocycles. The highest BCUT2D eigenvalue weighted by atomic mass is 16.5. The van der Waals surface area contributed by atoms with Crippen molar-refractivity contribution in [1.82, 2.24) is 10.2 Å². The molecule has 0 spiro atoms. The average molecular weight is 282 g/mol. The molecular weight excluding hydrogens is 252 g/mol. The van der Waals surface area contributed by atoms with Gasteiger partial charge in [-0.25, -0.2) is 0 Å². The van der Waals surface area contributed by atoms with Crippen LogP contribution in [-0.2, 0) is 9.53 Å². The van der Waals surface area contributed by atoms with Crippen LogP contribution < -0.4 is 5.32 Å². The molecule has 0 bridgehead atoms. The summed E-state index contributed by atoms with van der Waals surface area (Å²) in [5, 5.41) is 3.29. The number of amides is 1. The van der Waals surface area contributed by atoms with E-state index in [1.807, 2.05) is 11.9 Å². The van der Waals surface area contributed by atoms with Crippen LogP contribution in [0.2, 0.25) is 0 Å². The molecule has 1 heterocycles. The molecule has 1 aliphatic carbocycles. The zero-order valence-electron chi connectivity index (χ0n) is 13.1. The summed E-state index contributed by atoms with van der Waals surface area (Å²) in [4.78, 5) is 14.6. The highest BCUT2D eigenvalue weighted by Gasteiger charge is 2.30. The Balaban J connectivity index is 1.87. The van der Waals surface area contributed by atoms with Crippen molar-refractivity contribution >= 4 is 5.91 Å². The second kappa shape index (κ2) is 7.99. The van der Waals surface area contributed by atoms with Crippen molar-refractivity contribution in [2.24, 2.45) is 0 Å². The molecule has 20 heavy (non-hydrogen) atoms. The third kappa shape index (κ3) is 4.19. The Morgan fingerprint density at radius 2 is 2.00 bits per heavy atom. The van der Waals surface area contributed by atoms with Crippen molar-refractivity contribution in [2.45, 2.75) is 76.5 Å². The van der Waals surface area contributed by atoms with E-state index in [0.29, 0.717) is 12.1 Å². The van der Waals surface area contributed by atoms with Gasteiger partial charge in [-0.15, -0.1) is 0 Å². The van der Waals surface area contributed by atoms with Gasteiger partial charge in [0.2, 0.25) is 0 Å². The van der Waals surface area contributed by atoms with Crippen LogP contribution in [0.25, 0.3) is 0 Å². The molecule has 0 aromatic rings. The van der Waals surface area contributed by atoms with Gasteiger partial charge in [0.05, 0.1) is 6.10 Å². The van der Waals surface area contributed by atoms with Gasteiger partial charge in [-0.1, -0.05) is 26.2 Å². The first-order chi connectivity index (χ1) is 9.74. The third-order valence-corrected chi connectivity index (χ3v) is 4.70. The monoisotopic (exact) mass is 282 g/mol. The minimum absolute atomic E-state index is 0.207. The van der Waals surface area contributed by atoms with Crippen LogP contribution in [0, 0.1) is 0 Å². The van der Waals surface area contributed by atoms with Crippen LogP contribution in [0.4, 0.5) is 0 Å². The third-order valence-electron chi connectivity index (χ3n) is 4.70. The van der Waals surface area contributed by atoms with E-state index in [1.165, 1.54) is 25.7 Å². The van der Waals surface area contributed by atoms with Gasteiger partial charge in [-0.3, -0.25) is 4.79 Å². The fraction of sp³-hybridized carbons (Fsp3) is 0.938. The summed E-state index contributed by atoms with van der Waals surface area (Å²) in [5.74, 6) is 0.207. The molecule has 1 N–H and O–H groups in total. The van der Waals surface area contributed by atoms with Gasteiger partial charge in [-0.2, -0.15) is 0 Å². The molecule has 2 atom stereocenters. The number of carbonyl (C=O) groups excluding carboxylic acids is 1. The number of hydrogen-bond donors (Lipinski definition) is 1. The van der Waals surface area contributed by atoms with Gasteiger partial charge in [0.1, 0.15) is 6.10 Å². The van der Waals surface area contributed by atoms with Crippen molar-refractivity contribution in [3.63, 3.8) is 0 Å². The van der Waals surface area contributed by atoms with Crippen molar-refractivity contribution in [3.8, 4) is 0 Å². The summed E-state index contributed by atoms with van der Waals surface area (Å²) in [6, 6.07) is 0.444. The lowest BCUT2D eigenvalue weighted by Gasteiger charge is -2.36. The van der Waals surface area contributed by atoms with Crippen LogP contribution in [0.5, 0.6) is 0 Å². The predicted molar refractivity (Wildman–Crippen MR) is 80.7 cm³/mol. The first kappa shape index (κ1) is 15.8. The lowest BCUT2D eigenvalue weighted by atomic mass is 9.97. The molecule has 2 fully saturated rings. The van der Waals surface area contributed by atoms with E-state index >= 15 is 0 Å². The maximum absolute atomic E-state index is 12.6. The molecule has 2 unspecified atom stereocenters. The Labute approximate surface area is 123 Å². The summed E-state index contributed by atoms with van der Waals surface area (Å²) >= 11 is 0. The molecule has 116 valence electrons. The van der Waals surface area contributed by atoms with Crippen LogP contribution in [0.1, 0.15) is 58.3 Å². The molecule has 4 nitrogen and oxygen atoms in total. The van der Waals surface area contributed by atoms with Gasteiger partial charge < -0.3 is 15.0 Å². The zero-order chi connectivity index (χ0) is 14.4. The highest BCUT2D eigenvalue weighted by Crippen LogP contribution is 2.23. The van der Waals surface area contributed by atoms with Crippen molar-refractivity contribution in [1.29, 1.82) is 0 Å². The highest BCUT2D eigenvalue weighted by molar-refractivity contribution is 5.81. The predicted octanol–water partition coefficient (Wildman–Crippen LogP) is 2.32. The number of rotatable bonds is 5. The molecule has 2 aliphatic rings. The molecule has 0 aromatic heterocycles. The first-order valence-corrected chi connectivity index (χ1v) is 8.36. The summed E-state index contributed by atoms with van der Waals surface area (Å²) in [7, 11) is 1.98. The van der Waals surface area contributed by atoms with Gasteiger partial charge in [0.15, 0.2) is 0 Å². The number of likely N-dealkylation sites (N-methyl/N-ethyl adjacent to an activating group) is 1. The number of ether oxygens (including phenoxy) is 1. The molecule has 1 amide bonds. The van der Waals surface area contributed by atoms with Gasteiger partial charge in [-0.05, 0) is 39.2 Å². The van der Waals surface area contributed by atoms with E-state index in [1.54, 1.807) is 0 Å². The van der Waals surface area contributed by atoms with E-state index in [0.717, 1.165) is 38.8 Å².